The Hall–Kier alpha value is -3.69. The molecule has 0 saturated heterocycles. The normalized spacial score (nSPS) is 11.6. The van der Waals surface area contributed by atoms with Crippen molar-refractivity contribution in [3.05, 3.63) is 66.2 Å². The minimum Gasteiger partial charge on any atom is -0.507 e. The van der Waals surface area contributed by atoms with Crippen LogP contribution in [0.25, 0.3) is 33.5 Å². The van der Waals surface area contributed by atoms with E-state index < -0.39 is 10.0 Å². The number of aromatic nitrogens is 2. The number of sulfonamides is 1. The van der Waals surface area contributed by atoms with Gasteiger partial charge in [0.15, 0.2) is 0 Å². The molecular weight excluding hydrogens is 390 g/mol. The number of nitrogen functional groups attached to an aromatic ring is 1. The van der Waals surface area contributed by atoms with Crippen LogP contribution in [-0.4, -0.2) is 29.3 Å². The second kappa shape index (κ2) is 6.73. The predicted molar refractivity (Wildman–Crippen MR) is 111 cm³/mol. The first kappa shape index (κ1) is 18.7. The van der Waals surface area contributed by atoms with Gasteiger partial charge in [-0.1, -0.05) is 18.2 Å². The molecule has 4 rings (SSSR count). The quantitative estimate of drug-likeness (QED) is 0.259. The van der Waals surface area contributed by atoms with Crippen molar-refractivity contribution < 1.29 is 13.5 Å². The number of rotatable bonds is 4. The second-order valence-corrected chi connectivity index (χ2v) is 8.10. The van der Waals surface area contributed by atoms with Crippen LogP contribution in [0.4, 0.5) is 0 Å². The van der Waals surface area contributed by atoms with Gasteiger partial charge < -0.3 is 15.8 Å². The Morgan fingerprint density at radius 1 is 1.03 bits per heavy atom. The third kappa shape index (κ3) is 3.56. The number of nitrogens with one attached hydrogen (secondary N) is 2. The summed E-state index contributed by atoms with van der Waals surface area (Å²) >= 11 is 0. The molecule has 4 aromatic rings. The molecule has 3 aromatic carbocycles. The lowest BCUT2D eigenvalue weighted by molar-refractivity contribution is 0.477. The van der Waals surface area contributed by atoms with E-state index in [-0.39, 0.29) is 16.5 Å². The number of imidazole rings is 1. The molecule has 0 saturated carbocycles. The molecule has 0 bridgehead atoms. The maximum atomic E-state index is 11.6. The van der Waals surface area contributed by atoms with E-state index in [2.05, 4.69) is 9.97 Å². The number of benzene rings is 3. The summed E-state index contributed by atoms with van der Waals surface area (Å²) in [6.07, 6.45) is 0. The van der Waals surface area contributed by atoms with E-state index in [1.165, 1.54) is 18.2 Å². The number of aromatic hydroxyl groups is 1. The molecule has 8 nitrogen and oxygen atoms in total. The Morgan fingerprint density at radius 3 is 2.52 bits per heavy atom. The van der Waals surface area contributed by atoms with E-state index in [0.29, 0.717) is 22.5 Å². The van der Waals surface area contributed by atoms with Crippen molar-refractivity contribution in [1.82, 2.24) is 9.97 Å². The molecule has 0 unspecified atom stereocenters. The molecule has 1 heterocycles. The lowest BCUT2D eigenvalue weighted by atomic mass is 10.0. The molecule has 146 valence electrons. The zero-order chi connectivity index (χ0) is 20.8. The highest BCUT2D eigenvalue weighted by Gasteiger charge is 2.14. The van der Waals surface area contributed by atoms with Gasteiger partial charge >= 0.3 is 0 Å². The van der Waals surface area contributed by atoms with Gasteiger partial charge in [-0.2, -0.15) is 0 Å². The van der Waals surface area contributed by atoms with Gasteiger partial charge in [-0.05, 0) is 48.0 Å². The first-order valence-corrected chi connectivity index (χ1v) is 10.1. The number of hydrogen-bond acceptors (Lipinski definition) is 5. The molecule has 0 spiro atoms. The van der Waals surface area contributed by atoms with E-state index in [4.69, 9.17) is 16.3 Å². The minimum atomic E-state index is -3.90. The minimum absolute atomic E-state index is 0.0322. The molecule has 29 heavy (non-hydrogen) atoms. The van der Waals surface area contributed by atoms with Crippen LogP contribution in [0.3, 0.4) is 0 Å². The number of aromatic amines is 1. The fraction of sp³-hybridized carbons (Fsp3) is 0. The number of nitrogens with zero attached hydrogens (tertiary/aromatic N) is 1. The molecule has 1 aromatic heterocycles. The van der Waals surface area contributed by atoms with Crippen LogP contribution < -0.4 is 10.9 Å². The van der Waals surface area contributed by atoms with Gasteiger partial charge in [0, 0.05) is 16.7 Å². The number of phenols is 1. The summed E-state index contributed by atoms with van der Waals surface area (Å²) in [6.45, 7) is 0. The molecule has 0 atom stereocenters. The van der Waals surface area contributed by atoms with Crippen LogP contribution in [0.15, 0.2) is 65.6 Å². The van der Waals surface area contributed by atoms with Crippen LogP contribution in [0.5, 0.6) is 5.75 Å². The Labute approximate surface area is 166 Å². The molecule has 0 radical (unpaired) electrons. The van der Waals surface area contributed by atoms with Gasteiger partial charge in [-0.25, -0.2) is 18.5 Å². The zero-order valence-electron chi connectivity index (χ0n) is 15.0. The van der Waals surface area contributed by atoms with Gasteiger partial charge in [0.05, 0.1) is 15.9 Å². The second-order valence-electron chi connectivity index (χ2n) is 6.54. The number of nitrogens with two attached hydrogens (primary N) is 2. The van der Waals surface area contributed by atoms with Crippen molar-refractivity contribution >= 4 is 26.9 Å². The van der Waals surface area contributed by atoms with Crippen molar-refractivity contribution in [2.45, 2.75) is 4.90 Å². The first-order chi connectivity index (χ1) is 13.7. The summed E-state index contributed by atoms with van der Waals surface area (Å²) in [5, 5.41) is 23.0. The van der Waals surface area contributed by atoms with E-state index >= 15 is 0 Å². The maximum absolute atomic E-state index is 11.6. The highest BCUT2D eigenvalue weighted by molar-refractivity contribution is 7.89. The Bertz CT molecular complexity index is 1380. The Balaban J connectivity index is 1.81. The lowest BCUT2D eigenvalue weighted by Crippen LogP contribution is -2.11. The summed E-state index contributed by atoms with van der Waals surface area (Å²) in [7, 11) is -3.90. The number of phenolic OH excluding ortho intramolecular Hbond substituents is 1. The molecule has 0 aliphatic carbocycles. The summed E-state index contributed by atoms with van der Waals surface area (Å²) in [6, 6.07) is 16.3. The highest BCUT2D eigenvalue weighted by Crippen LogP contribution is 2.33. The zero-order valence-corrected chi connectivity index (χ0v) is 15.9. The first-order valence-electron chi connectivity index (χ1n) is 8.53. The largest absolute Gasteiger partial charge is 0.507 e. The van der Waals surface area contributed by atoms with Crippen LogP contribution in [0.2, 0.25) is 0 Å². The number of primary sulfonamides is 1. The van der Waals surface area contributed by atoms with E-state index in [1.54, 1.807) is 36.4 Å². The summed E-state index contributed by atoms with van der Waals surface area (Å²) in [5.74, 6) is 0.491. The van der Waals surface area contributed by atoms with Crippen molar-refractivity contribution in [2.75, 3.05) is 0 Å². The average Bonchev–Trinajstić information content (AvgIpc) is 3.11. The monoisotopic (exact) mass is 407 g/mol. The Kier molecular flexibility index (Phi) is 4.33. The molecule has 7 N–H and O–H groups in total. The fourth-order valence-corrected chi connectivity index (χ4v) is 3.61. The molecule has 0 amide bonds. The number of H-pyrrole nitrogens is 1. The average molecular weight is 407 g/mol. The predicted octanol–water partition coefficient (Wildman–Crippen LogP) is 2.53. The molecule has 9 heteroatoms. The third-order valence-corrected chi connectivity index (χ3v) is 5.45. The van der Waals surface area contributed by atoms with E-state index in [0.717, 1.165) is 16.6 Å². The molecule has 0 aliphatic rings. The smallest absolute Gasteiger partial charge is 0.238 e. The van der Waals surface area contributed by atoms with Crippen molar-refractivity contribution in [1.29, 1.82) is 5.41 Å². The van der Waals surface area contributed by atoms with Crippen LogP contribution in [0, 0.1) is 5.41 Å². The molecule has 0 aliphatic heterocycles. The van der Waals surface area contributed by atoms with Gasteiger partial charge in [-0.15, -0.1) is 0 Å². The van der Waals surface area contributed by atoms with Crippen LogP contribution >= 0.6 is 0 Å². The maximum Gasteiger partial charge on any atom is 0.238 e. The van der Waals surface area contributed by atoms with Crippen molar-refractivity contribution in [3.63, 3.8) is 0 Å². The third-order valence-electron chi connectivity index (χ3n) is 4.54. The molecule has 0 fully saturated rings. The summed E-state index contributed by atoms with van der Waals surface area (Å²) in [5.41, 5.74) is 9.26. The van der Waals surface area contributed by atoms with Gasteiger partial charge in [0.2, 0.25) is 10.0 Å². The van der Waals surface area contributed by atoms with E-state index in [9.17, 15) is 13.5 Å². The van der Waals surface area contributed by atoms with Gasteiger partial charge in [-0.3, -0.25) is 5.41 Å². The SMILES string of the molecule is N=C(N)c1ccc2nc(-c3cccc(-c4cc(S(N)(=O)=O)ccc4O)c3)[nH]c2c1. The summed E-state index contributed by atoms with van der Waals surface area (Å²) < 4.78 is 23.3. The van der Waals surface area contributed by atoms with Crippen molar-refractivity contribution in [3.8, 4) is 28.3 Å². The number of amidine groups is 1. The lowest BCUT2D eigenvalue weighted by Gasteiger charge is -2.08. The summed E-state index contributed by atoms with van der Waals surface area (Å²) in [4.78, 5) is 7.66. The van der Waals surface area contributed by atoms with Gasteiger partial charge in [0.1, 0.15) is 17.4 Å². The highest BCUT2D eigenvalue weighted by atomic mass is 32.2. The fourth-order valence-electron chi connectivity index (χ4n) is 3.07. The topological polar surface area (TPSA) is 159 Å². The number of fused-ring (bicyclic) bond motifs is 1. The molecular formula is C20H17N5O3S. The van der Waals surface area contributed by atoms with E-state index in [1.807, 2.05) is 6.07 Å². The van der Waals surface area contributed by atoms with Crippen molar-refractivity contribution in [2.24, 2.45) is 10.9 Å². The standard InChI is InChI=1S/C20H17N5O3S/c21-19(22)12-4-6-16-17(9-12)25-20(24-16)13-3-1-2-11(8-13)15-10-14(29(23,27)28)5-7-18(15)26/h1-10,26H,(H3,21,22)(H,24,25)(H2,23,27,28). The van der Waals surface area contributed by atoms with Crippen LogP contribution in [0.1, 0.15) is 5.56 Å². The van der Waals surface area contributed by atoms with Gasteiger partial charge in [0.25, 0.3) is 0 Å². The number of hydrogen-bond donors (Lipinski definition) is 5. The van der Waals surface area contributed by atoms with Crippen LogP contribution in [-0.2, 0) is 10.0 Å². The Morgan fingerprint density at radius 2 is 1.79 bits per heavy atom.